The van der Waals surface area contributed by atoms with Crippen LogP contribution in [0.1, 0.15) is 0 Å². The molecular weight excluding hydrogens is 134 g/mol. The molecule has 6 N–H and O–H groups in total. The van der Waals surface area contributed by atoms with E-state index in [1.807, 2.05) is 0 Å². The summed E-state index contributed by atoms with van der Waals surface area (Å²) in [5.41, 5.74) is 10.8. The molecule has 0 aromatic heterocycles. The van der Waals surface area contributed by atoms with Crippen LogP contribution in [0.3, 0.4) is 0 Å². The first-order chi connectivity index (χ1) is 4.66. The van der Waals surface area contributed by atoms with Crippen LogP contribution in [0, 0.1) is 0 Å². The number of aliphatic hydroxyl groups is 1. The monoisotopic (exact) mass is 145 g/mol. The second kappa shape index (κ2) is 2.53. The van der Waals surface area contributed by atoms with Gasteiger partial charge in [0.25, 0.3) is 0 Å². The maximum absolute atomic E-state index is 10.7. The number of carbonyl (C=O) groups excluding carboxylic acids is 1. The van der Waals surface area contributed by atoms with E-state index in [9.17, 15) is 4.79 Å². The second-order valence-corrected chi connectivity index (χ2v) is 2.40. The first-order valence-electron chi connectivity index (χ1n) is 3.09. The van der Waals surface area contributed by atoms with Gasteiger partial charge in [-0.15, -0.1) is 0 Å². The standard InChI is InChI=1S/C5H11N3O2/c6-3-2(1-9)8-5(10)4(3)7/h2-4,9H,1,6-7H2,(H,8,10)/t2-,3-,4-/m1/s1. The summed E-state index contributed by atoms with van der Waals surface area (Å²) in [5.74, 6) is -0.286. The predicted octanol–water partition coefficient (Wildman–Crippen LogP) is -2.87. The molecule has 3 atom stereocenters. The average Bonchev–Trinajstić information content (AvgIpc) is 2.17. The van der Waals surface area contributed by atoms with Crippen molar-refractivity contribution in [1.29, 1.82) is 0 Å². The van der Waals surface area contributed by atoms with Crippen LogP contribution in [-0.4, -0.2) is 35.7 Å². The molecule has 0 unspecified atom stereocenters. The molecule has 0 spiro atoms. The summed E-state index contributed by atoms with van der Waals surface area (Å²) >= 11 is 0. The molecule has 0 saturated carbocycles. The van der Waals surface area contributed by atoms with Crippen molar-refractivity contribution in [1.82, 2.24) is 5.32 Å². The molecule has 1 saturated heterocycles. The van der Waals surface area contributed by atoms with Gasteiger partial charge >= 0.3 is 0 Å². The highest BCUT2D eigenvalue weighted by atomic mass is 16.3. The summed E-state index contributed by atoms with van der Waals surface area (Å²) in [7, 11) is 0. The van der Waals surface area contributed by atoms with Gasteiger partial charge in [-0.3, -0.25) is 4.79 Å². The van der Waals surface area contributed by atoms with Crippen LogP contribution in [0.4, 0.5) is 0 Å². The summed E-state index contributed by atoms with van der Waals surface area (Å²) in [4.78, 5) is 10.7. The van der Waals surface area contributed by atoms with Gasteiger partial charge in [0.1, 0.15) is 6.04 Å². The lowest BCUT2D eigenvalue weighted by Gasteiger charge is -2.11. The Labute approximate surface area is 58.4 Å². The van der Waals surface area contributed by atoms with E-state index in [-0.39, 0.29) is 18.6 Å². The molecule has 5 heteroatoms. The molecule has 0 aromatic carbocycles. The largest absolute Gasteiger partial charge is 0.394 e. The molecule has 1 amide bonds. The van der Waals surface area contributed by atoms with Crippen LogP contribution >= 0.6 is 0 Å². The zero-order chi connectivity index (χ0) is 7.72. The molecule has 10 heavy (non-hydrogen) atoms. The number of rotatable bonds is 1. The van der Waals surface area contributed by atoms with E-state index in [1.165, 1.54) is 0 Å². The summed E-state index contributed by atoms with van der Waals surface area (Å²) in [6, 6.07) is -1.50. The smallest absolute Gasteiger partial charge is 0.238 e. The van der Waals surface area contributed by atoms with Crippen LogP contribution in [-0.2, 0) is 4.79 Å². The van der Waals surface area contributed by atoms with E-state index in [0.717, 1.165) is 0 Å². The maximum atomic E-state index is 10.7. The third-order valence-corrected chi connectivity index (χ3v) is 1.71. The Bertz CT molecular complexity index is 150. The van der Waals surface area contributed by atoms with Crippen LogP contribution in [0.15, 0.2) is 0 Å². The Kier molecular flexibility index (Phi) is 1.89. The fourth-order valence-electron chi connectivity index (χ4n) is 0.968. The van der Waals surface area contributed by atoms with E-state index in [0.29, 0.717) is 0 Å². The van der Waals surface area contributed by atoms with Gasteiger partial charge in [0, 0.05) is 0 Å². The Balaban J connectivity index is 2.61. The third-order valence-electron chi connectivity index (χ3n) is 1.71. The number of hydrogen-bond donors (Lipinski definition) is 4. The van der Waals surface area contributed by atoms with E-state index >= 15 is 0 Å². The fourth-order valence-corrected chi connectivity index (χ4v) is 0.968. The third kappa shape index (κ3) is 0.985. The number of nitrogens with two attached hydrogens (primary N) is 2. The van der Waals surface area contributed by atoms with Crippen molar-refractivity contribution >= 4 is 5.91 Å². The number of nitrogens with one attached hydrogen (secondary N) is 1. The highest BCUT2D eigenvalue weighted by Crippen LogP contribution is 2.03. The lowest BCUT2D eigenvalue weighted by Crippen LogP contribution is -2.46. The topological polar surface area (TPSA) is 101 Å². The number of amides is 1. The zero-order valence-corrected chi connectivity index (χ0v) is 5.45. The van der Waals surface area contributed by atoms with Crippen molar-refractivity contribution in [2.45, 2.75) is 18.1 Å². The first kappa shape index (κ1) is 7.46. The van der Waals surface area contributed by atoms with Crippen LogP contribution in [0.5, 0.6) is 0 Å². The van der Waals surface area contributed by atoms with Crippen molar-refractivity contribution in [2.24, 2.45) is 11.5 Å². The van der Waals surface area contributed by atoms with E-state index in [1.54, 1.807) is 0 Å². The minimum atomic E-state index is -0.669. The van der Waals surface area contributed by atoms with Crippen molar-refractivity contribution < 1.29 is 9.90 Å². The minimum Gasteiger partial charge on any atom is -0.394 e. The number of aliphatic hydroxyl groups excluding tert-OH is 1. The molecule has 58 valence electrons. The highest BCUT2D eigenvalue weighted by Gasteiger charge is 2.36. The van der Waals surface area contributed by atoms with E-state index < -0.39 is 12.1 Å². The second-order valence-electron chi connectivity index (χ2n) is 2.40. The lowest BCUT2D eigenvalue weighted by atomic mass is 10.1. The normalized spacial score (nSPS) is 39.9. The number of hydrogen-bond acceptors (Lipinski definition) is 4. The van der Waals surface area contributed by atoms with E-state index in [4.69, 9.17) is 16.6 Å². The highest BCUT2D eigenvalue weighted by molar-refractivity contribution is 5.85. The van der Waals surface area contributed by atoms with Crippen molar-refractivity contribution in [3.8, 4) is 0 Å². The Morgan fingerprint density at radius 2 is 2.20 bits per heavy atom. The summed E-state index contributed by atoms with van der Waals surface area (Å²) in [6.45, 7) is -0.152. The molecule has 1 fully saturated rings. The van der Waals surface area contributed by atoms with Crippen molar-refractivity contribution in [3.05, 3.63) is 0 Å². The minimum absolute atomic E-state index is 0.152. The van der Waals surface area contributed by atoms with Gasteiger partial charge in [0.2, 0.25) is 5.91 Å². The van der Waals surface area contributed by atoms with Crippen molar-refractivity contribution in [3.63, 3.8) is 0 Å². The Morgan fingerprint density at radius 3 is 2.40 bits per heavy atom. The lowest BCUT2D eigenvalue weighted by molar-refractivity contribution is -0.120. The predicted molar refractivity (Wildman–Crippen MR) is 35.0 cm³/mol. The Morgan fingerprint density at radius 1 is 1.60 bits per heavy atom. The molecular formula is C5H11N3O2. The summed E-state index contributed by atoms with van der Waals surface area (Å²) in [6.07, 6.45) is 0. The first-order valence-corrected chi connectivity index (χ1v) is 3.09. The molecule has 0 aromatic rings. The number of carbonyl (C=O) groups is 1. The molecule has 0 bridgehead atoms. The van der Waals surface area contributed by atoms with Crippen LogP contribution in [0.2, 0.25) is 0 Å². The van der Waals surface area contributed by atoms with Gasteiger partial charge in [0.05, 0.1) is 18.7 Å². The molecule has 5 nitrogen and oxygen atoms in total. The SMILES string of the molecule is N[C@@H]1[C@@H](CO)NC(=O)[C@@H]1N. The fraction of sp³-hybridized carbons (Fsp3) is 0.800. The van der Waals surface area contributed by atoms with Crippen LogP contribution < -0.4 is 16.8 Å². The van der Waals surface area contributed by atoms with Gasteiger partial charge in [0.15, 0.2) is 0 Å². The zero-order valence-electron chi connectivity index (χ0n) is 5.45. The molecule has 1 aliphatic rings. The summed E-state index contributed by atoms with van der Waals surface area (Å²) in [5, 5.41) is 11.1. The molecule has 1 rings (SSSR count). The van der Waals surface area contributed by atoms with Gasteiger partial charge in [-0.25, -0.2) is 0 Å². The van der Waals surface area contributed by atoms with Gasteiger partial charge in [-0.2, -0.15) is 0 Å². The maximum Gasteiger partial charge on any atom is 0.238 e. The van der Waals surface area contributed by atoms with E-state index in [2.05, 4.69) is 5.32 Å². The molecule has 0 radical (unpaired) electrons. The van der Waals surface area contributed by atoms with Gasteiger partial charge in [-0.1, -0.05) is 0 Å². The molecule has 1 aliphatic heterocycles. The molecule has 1 heterocycles. The Hall–Kier alpha value is -0.650. The van der Waals surface area contributed by atoms with Gasteiger partial charge < -0.3 is 21.9 Å². The van der Waals surface area contributed by atoms with Gasteiger partial charge in [-0.05, 0) is 0 Å². The quantitative estimate of drug-likeness (QED) is 0.318. The molecule has 0 aliphatic carbocycles. The summed E-state index contributed by atoms with van der Waals surface area (Å²) < 4.78 is 0. The van der Waals surface area contributed by atoms with Crippen LogP contribution in [0.25, 0.3) is 0 Å². The van der Waals surface area contributed by atoms with Crippen molar-refractivity contribution in [2.75, 3.05) is 6.61 Å². The average molecular weight is 145 g/mol.